The number of ether oxygens (including phenoxy) is 1. The van der Waals surface area contributed by atoms with Gasteiger partial charge in [-0.05, 0) is 38.1 Å². The zero-order valence-electron chi connectivity index (χ0n) is 14.8. The molecule has 0 aliphatic carbocycles. The summed E-state index contributed by atoms with van der Waals surface area (Å²) in [6, 6.07) is 0. The number of hydrogen-bond donors (Lipinski definition) is 0. The highest BCUT2D eigenvalue weighted by molar-refractivity contribution is 7.15. The Morgan fingerprint density at radius 3 is 2.96 bits per heavy atom. The number of thiazole rings is 1. The molecule has 0 aromatic carbocycles. The molecule has 4 heterocycles. The minimum Gasteiger partial charge on any atom is -0.384 e. The number of amides is 1. The highest BCUT2D eigenvalue weighted by Crippen LogP contribution is 2.25. The zero-order chi connectivity index (χ0) is 17.2. The minimum absolute atomic E-state index is 0.109. The summed E-state index contributed by atoms with van der Waals surface area (Å²) < 4.78 is 7.41. The van der Waals surface area contributed by atoms with Gasteiger partial charge in [-0.3, -0.25) is 14.1 Å². The molecule has 1 atom stereocenters. The Labute approximate surface area is 152 Å². The minimum atomic E-state index is 0.109. The molecular formula is C18H26N4O2S. The van der Waals surface area contributed by atoms with Crippen LogP contribution in [0.15, 0.2) is 11.6 Å². The van der Waals surface area contributed by atoms with Crippen LogP contribution in [0.1, 0.15) is 41.9 Å². The normalized spacial score (nSPS) is 22.1. The molecule has 1 unspecified atom stereocenters. The summed E-state index contributed by atoms with van der Waals surface area (Å²) in [6.07, 6.45) is 6.64. The quantitative estimate of drug-likeness (QED) is 0.820. The van der Waals surface area contributed by atoms with E-state index in [0.29, 0.717) is 11.6 Å². The Morgan fingerprint density at radius 1 is 1.32 bits per heavy atom. The van der Waals surface area contributed by atoms with E-state index >= 15 is 0 Å². The second kappa shape index (κ2) is 7.43. The fraction of sp³-hybridized carbons (Fsp3) is 0.667. The van der Waals surface area contributed by atoms with E-state index in [9.17, 15) is 4.79 Å². The van der Waals surface area contributed by atoms with Crippen molar-refractivity contribution in [2.75, 3.05) is 39.9 Å². The fourth-order valence-corrected chi connectivity index (χ4v) is 4.77. The average molecular weight is 362 g/mol. The van der Waals surface area contributed by atoms with Crippen molar-refractivity contribution in [3.05, 3.63) is 23.0 Å². The van der Waals surface area contributed by atoms with Gasteiger partial charge in [0, 0.05) is 44.9 Å². The Bertz CT molecular complexity index is 735. The molecule has 2 aromatic heterocycles. The van der Waals surface area contributed by atoms with Crippen molar-refractivity contribution < 1.29 is 9.53 Å². The third-order valence-electron chi connectivity index (χ3n) is 5.35. The standard InChI is InChI=1S/C18H26N4O2S/c1-24-13-14-5-8-20(11-14)12-15-16(19-18-22(15)9-10-25-18)17(23)21-6-3-2-4-7-21/h9-10,14H,2-8,11-13H2,1H3. The van der Waals surface area contributed by atoms with E-state index in [1.807, 2.05) is 16.5 Å². The molecule has 4 rings (SSSR count). The highest BCUT2D eigenvalue weighted by Gasteiger charge is 2.29. The number of likely N-dealkylation sites (tertiary alicyclic amines) is 2. The van der Waals surface area contributed by atoms with E-state index in [0.717, 1.165) is 69.2 Å². The van der Waals surface area contributed by atoms with Crippen LogP contribution < -0.4 is 0 Å². The van der Waals surface area contributed by atoms with E-state index < -0.39 is 0 Å². The Hall–Kier alpha value is -1.44. The summed E-state index contributed by atoms with van der Waals surface area (Å²) in [4.78, 5) is 23.1. The summed E-state index contributed by atoms with van der Waals surface area (Å²) in [7, 11) is 1.77. The molecule has 2 aliphatic rings. The molecule has 6 nitrogen and oxygen atoms in total. The fourth-order valence-electron chi connectivity index (χ4n) is 4.04. The van der Waals surface area contributed by atoms with Gasteiger partial charge in [0.25, 0.3) is 5.91 Å². The van der Waals surface area contributed by atoms with Crippen molar-refractivity contribution >= 4 is 22.2 Å². The van der Waals surface area contributed by atoms with Crippen LogP contribution in [0.4, 0.5) is 0 Å². The van der Waals surface area contributed by atoms with Crippen LogP contribution >= 0.6 is 11.3 Å². The average Bonchev–Trinajstić information content (AvgIpc) is 3.33. The Balaban J connectivity index is 1.56. The number of hydrogen-bond acceptors (Lipinski definition) is 5. The molecular weight excluding hydrogens is 336 g/mol. The maximum absolute atomic E-state index is 13.0. The van der Waals surface area contributed by atoms with Crippen LogP contribution in [-0.4, -0.2) is 65.0 Å². The summed E-state index contributed by atoms with van der Waals surface area (Å²) in [5.74, 6) is 0.704. The molecule has 2 fully saturated rings. The predicted octanol–water partition coefficient (Wildman–Crippen LogP) is 2.49. The molecule has 2 aliphatic heterocycles. The first kappa shape index (κ1) is 17.0. The lowest BCUT2D eigenvalue weighted by Gasteiger charge is -2.26. The summed E-state index contributed by atoms with van der Waals surface area (Å²) in [6.45, 7) is 5.42. The molecule has 7 heteroatoms. The molecule has 136 valence electrons. The van der Waals surface area contributed by atoms with Crippen molar-refractivity contribution in [3.8, 4) is 0 Å². The third kappa shape index (κ3) is 3.45. The van der Waals surface area contributed by atoms with Gasteiger partial charge in [-0.1, -0.05) is 0 Å². The third-order valence-corrected chi connectivity index (χ3v) is 6.11. The van der Waals surface area contributed by atoms with Crippen LogP contribution in [0.3, 0.4) is 0 Å². The van der Waals surface area contributed by atoms with Gasteiger partial charge in [0.2, 0.25) is 0 Å². The van der Waals surface area contributed by atoms with Gasteiger partial charge in [-0.25, -0.2) is 4.98 Å². The molecule has 2 aromatic rings. The largest absolute Gasteiger partial charge is 0.384 e. The molecule has 25 heavy (non-hydrogen) atoms. The first-order chi connectivity index (χ1) is 12.3. The van der Waals surface area contributed by atoms with Crippen molar-refractivity contribution in [2.24, 2.45) is 5.92 Å². The number of fused-ring (bicyclic) bond motifs is 1. The van der Waals surface area contributed by atoms with Crippen molar-refractivity contribution in [3.63, 3.8) is 0 Å². The van der Waals surface area contributed by atoms with E-state index in [-0.39, 0.29) is 5.91 Å². The van der Waals surface area contributed by atoms with Gasteiger partial charge in [0.15, 0.2) is 10.7 Å². The SMILES string of the molecule is COCC1CCN(Cc2c(C(=O)N3CCCCC3)nc3sccn23)C1. The summed E-state index contributed by atoms with van der Waals surface area (Å²) >= 11 is 1.60. The van der Waals surface area contributed by atoms with Crippen molar-refractivity contribution in [1.29, 1.82) is 0 Å². The van der Waals surface area contributed by atoms with Crippen LogP contribution in [0.5, 0.6) is 0 Å². The predicted molar refractivity (Wildman–Crippen MR) is 98.1 cm³/mol. The van der Waals surface area contributed by atoms with Gasteiger partial charge in [-0.2, -0.15) is 0 Å². The number of methoxy groups -OCH3 is 1. The summed E-state index contributed by atoms with van der Waals surface area (Å²) in [5, 5.41) is 2.04. The number of carbonyl (C=O) groups is 1. The van der Waals surface area contributed by atoms with Crippen LogP contribution in [0.25, 0.3) is 4.96 Å². The number of piperidine rings is 1. The lowest BCUT2D eigenvalue weighted by atomic mass is 10.1. The smallest absolute Gasteiger partial charge is 0.274 e. The monoisotopic (exact) mass is 362 g/mol. The maximum Gasteiger partial charge on any atom is 0.274 e. The zero-order valence-corrected chi connectivity index (χ0v) is 15.6. The second-order valence-electron chi connectivity index (χ2n) is 7.16. The van der Waals surface area contributed by atoms with E-state index in [1.165, 1.54) is 6.42 Å². The van der Waals surface area contributed by atoms with Crippen LogP contribution in [0, 0.1) is 5.92 Å². The molecule has 0 N–H and O–H groups in total. The van der Waals surface area contributed by atoms with Gasteiger partial charge in [0.05, 0.1) is 12.3 Å². The van der Waals surface area contributed by atoms with Gasteiger partial charge >= 0.3 is 0 Å². The Kier molecular flexibility index (Phi) is 5.05. The van der Waals surface area contributed by atoms with Crippen molar-refractivity contribution in [2.45, 2.75) is 32.2 Å². The van der Waals surface area contributed by atoms with E-state index in [2.05, 4.69) is 14.3 Å². The van der Waals surface area contributed by atoms with Gasteiger partial charge in [-0.15, -0.1) is 11.3 Å². The molecule has 2 saturated heterocycles. The molecule has 0 radical (unpaired) electrons. The lowest BCUT2D eigenvalue weighted by Crippen LogP contribution is -2.36. The molecule has 0 saturated carbocycles. The van der Waals surface area contributed by atoms with Crippen LogP contribution in [0.2, 0.25) is 0 Å². The van der Waals surface area contributed by atoms with Gasteiger partial charge < -0.3 is 9.64 Å². The number of nitrogens with zero attached hydrogens (tertiary/aromatic N) is 4. The topological polar surface area (TPSA) is 50.1 Å². The lowest BCUT2D eigenvalue weighted by molar-refractivity contribution is 0.0716. The van der Waals surface area contributed by atoms with E-state index in [1.54, 1.807) is 18.4 Å². The number of aromatic nitrogens is 2. The van der Waals surface area contributed by atoms with E-state index in [4.69, 9.17) is 4.74 Å². The van der Waals surface area contributed by atoms with Crippen molar-refractivity contribution in [1.82, 2.24) is 19.2 Å². The summed E-state index contributed by atoms with van der Waals surface area (Å²) in [5.41, 5.74) is 1.70. The van der Waals surface area contributed by atoms with Crippen LogP contribution in [-0.2, 0) is 11.3 Å². The first-order valence-electron chi connectivity index (χ1n) is 9.21. The molecule has 0 bridgehead atoms. The molecule has 1 amide bonds. The first-order valence-corrected chi connectivity index (χ1v) is 10.1. The second-order valence-corrected chi connectivity index (χ2v) is 8.03. The highest BCUT2D eigenvalue weighted by atomic mass is 32.1. The Morgan fingerprint density at radius 2 is 2.16 bits per heavy atom. The number of imidazole rings is 1. The number of rotatable bonds is 5. The number of carbonyl (C=O) groups excluding carboxylic acids is 1. The molecule has 0 spiro atoms. The van der Waals surface area contributed by atoms with Gasteiger partial charge in [0.1, 0.15) is 0 Å². The maximum atomic E-state index is 13.0.